The van der Waals surface area contributed by atoms with Gasteiger partial charge in [0, 0.05) is 10.8 Å². The smallest absolute Gasteiger partial charge is 0.119 e. The summed E-state index contributed by atoms with van der Waals surface area (Å²) in [5, 5.41) is 10.7. The van der Waals surface area contributed by atoms with Gasteiger partial charge in [0.15, 0.2) is 0 Å². The van der Waals surface area contributed by atoms with E-state index in [0.29, 0.717) is 11.3 Å². The minimum atomic E-state index is -0.959. The lowest BCUT2D eigenvalue weighted by molar-refractivity contribution is -0.0683. The molecule has 4 aliphatic rings. The summed E-state index contributed by atoms with van der Waals surface area (Å²) in [6, 6.07) is 0. The van der Waals surface area contributed by atoms with Crippen LogP contribution < -0.4 is 5.73 Å². The molecule has 116 valence electrons. The van der Waals surface area contributed by atoms with E-state index < -0.39 is 5.72 Å². The van der Waals surface area contributed by atoms with Gasteiger partial charge in [0.2, 0.25) is 0 Å². The summed E-state index contributed by atoms with van der Waals surface area (Å²) in [6.07, 6.45) is 13.0. The van der Waals surface area contributed by atoms with E-state index in [0.717, 1.165) is 25.7 Å². The van der Waals surface area contributed by atoms with Crippen LogP contribution in [0.15, 0.2) is 22.8 Å². The largest absolute Gasteiger partial charge is 0.376 e. The standard InChI is InChI=1S/C19H29NO/c1-17-10-4-3-5-13(17)6-7-14-15(17)8-11-18(2)16(14)9-12-19(18,20)21/h5,16,21H,3-4,6-12,20H2,1-2H3/t16-,17-,18-,19?/m0/s1. The number of rotatable bonds is 0. The van der Waals surface area contributed by atoms with Gasteiger partial charge in [0.1, 0.15) is 5.72 Å². The Kier molecular flexibility index (Phi) is 2.83. The van der Waals surface area contributed by atoms with Crippen molar-refractivity contribution < 1.29 is 5.11 Å². The van der Waals surface area contributed by atoms with Gasteiger partial charge in [-0.25, -0.2) is 0 Å². The van der Waals surface area contributed by atoms with E-state index in [1.807, 2.05) is 0 Å². The number of hydrogen-bond donors (Lipinski definition) is 2. The average molecular weight is 287 g/mol. The summed E-state index contributed by atoms with van der Waals surface area (Å²) < 4.78 is 0. The first kappa shape index (κ1) is 14.0. The van der Waals surface area contributed by atoms with Crippen molar-refractivity contribution in [3.05, 3.63) is 22.8 Å². The van der Waals surface area contributed by atoms with E-state index in [1.165, 1.54) is 32.1 Å². The highest BCUT2D eigenvalue weighted by molar-refractivity contribution is 5.42. The second-order valence-electron chi connectivity index (χ2n) is 8.39. The predicted octanol–water partition coefficient (Wildman–Crippen LogP) is 4.05. The van der Waals surface area contributed by atoms with Crippen molar-refractivity contribution in [2.24, 2.45) is 22.5 Å². The monoisotopic (exact) mass is 287 g/mol. The number of fused-ring (bicyclic) bond motifs is 4. The first-order chi connectivity index (χ1) is 9.88. The molecule has 2 heteroatoms. The van der Waals surface area contributed by atoms with Crippen LogP contribution in [0.2, 0.25) is 0 Å². The maximum absolute atomic E-state index is 10.7. The van der Waals surface area contributed by atoms with Crippen molar-refractivity contribution in [2.45, 2.75) is 77.4 Å². The van der Waals surface area contributed by atoms with Gasteiger partial charge >= 0.3 is 0 Å². The summed E-state index contributed by atoms with van der Waals surface area (Å²) in [6.45, 7) is 4.72. The van der Waals surface area contributed by atoms with Gasteiger partial charge in [-0.3, -0.25) is 0 Å². The molecule has 1 saturated carbocycles. The third-order valence-electron chi connectivity index (χ3n) is 7.58. The Hall–Kier alpha value is -0.600. The molecule has 0 radical (unpaired) electrons. The predicted molar refractivity (Wildman–Crippen MR) is 85.5 cm³/mol. The fourth-order valence-corrected chi connectivity index (χ4v) is 6.04. The molecule has 0 spiro atoms. The molecule has 0 aromatic heterocycles. The molecule has 0 bridgehead atoms. The summed E-state index contributed by atoms with van der Waals surface area (Å²) >= 11 is 0. The van der Waals surface area contributed by atoms with Crippen LogP contribution in [0.3, 0.4) is 0 Å². The van der Waals surface area contributed by atoms with Gasteiger partial charge in [0.05, 0.1) is 0 Å². The molecule has 1 fully saturated rings. The molecule has 0 aliphatic heterocycles. The van der Waals surface area contributed by atoms with E-state index in [2.05, 4.69) is 19.9 Å². The molecule has 2 nitrogen and oxygen atoms in total. The first-order valence-corrected chi connectivity index (χ1v) is 8.82. The van der Waals surface area contributed by atoms with Crippen LogP contribution in [0.4, 0.5) is 0 Å². The van der Waals surface area contributed by atoms with Crippen LogP contribution in [0.25, 0.3) is 0 Å². The Morgan fingerprint density at radius 2 is 1.95 bits per heavy atom. The van der Waals surface area contributed by atoms with Crippen LogP contribution in [0, 0.1) is 16.7 Å². The molecule has 0 saturated heterocycles. The van der Waals surface area contributed by atoms with Crippen molar-refractivity contribution in [3.63, 3.8) is 0 Å². The zero-order valence-corrected chi connectivity index (χ0v) is 13.5. The zero-order chi connectivity index (χ0) is 14.9. The fraction of sp³-hybridized carbons (Fsp3) is 0.789. The van der Waals surface area contributed by atoms with Gasteiger partial charge in [0.25, 0.3) is 0 Å². The quantitative estimate of drug-likeness (QED) is 0.521. The van der Waals surface area contributed by atoms with Crippen molar-refractivity contribution in [3.8, 4) is 0 Å². The highest BCUT2D eigenvalue weighted by Gasteiger charge is 2.58. The third kappa shape index (κ3) is 1.66. The number of nitrogens with two attached hydrogens (primary N) is 1. The van der Waals surface area contributed by atoms with E-state index in [1.54, 1.807) is 16.7 Å². The molecule has 21 heavy (non-hydrogen) atoms. The van der Waals surface area contributed by atoms with Gasteiger partial charge in [-0.1, -0.05) is 36.6 Å². The summed E-state index contributed by atoms with van der Waals surface area (Å²) in [5.74, 6) is 0.525. The maximum Gasteiger partial charge on any atom is 0.119 e. The van der Waals surface area contributed by atoms with E-state index in [4.69, 9.17) is 5.73 Å². The lowest BCUT2D eigenvalue weighted by Crippen LogP contribution is -2.54. The first-order valence-electron chi connectivity index (χ1n) is 8.82. The molecule has 4 rings (SSSR count). The van der Waals surface area contributed by atoms with E-state index in [9.17, 15) is 5.11 Å². The minimum absolute atomic E-state index is 0.0991. The summed E-state index contributed by atoms with van der Waals surface area (Å²) in [5.41, 5.74) is 10.7. The van der Waals surface area contributed by atoms with Crippen LogP contribution in [0.1, 0.15) is 71.6 Å². The van der Waals surface area contributed by atoms with E-state index in [-0.39, 0.29) is 5.41 Å². The number of allylic oxidation sites excluding steroid dienone is 4. The zero-order valence-electron chi connectivity index (χ0n) is 13.5. The van der Waals surface area contributed by atoms with Crippen molar-refractivity contribution in [1.82, 2.24) is 0 Å². The molecular formula is C19H29NO. The number of aliphatic hydroxyl groups is 1. The topological polar surface area (TPSA) is 46.2 Å². The summed E-state index contributed by atoms with van der Waals surface area (Å²) in [4.78, 5) is 0. The average Bonchev–Trinajstić information content (AvgIpc) is 2.69. The second kappa shape index (κ2) is 4.23. The van der Waals surface area contributed by atoms with Crippen LogP contribution in [0.5, 0.6) is 0 Å². The van der Waals surface area contributed by atoms with Crippen molar-refractivity contribution >= 4 is 0 Å². The Balaban J connectivity index is 1.81. The van der Waals surface area contributed by atoms with Gasteiger partial charge in [-0.2, -0.15) is 0 Å². The second-order valence-corrected chi connectivity index (χ2v) is 8.39. The molecule has 0 heterocycles. The summed E-state index contributed by atoms with van der Waals surface area (Å²) in [7, 11) is 0. The normalized spacial score (nSPS) is 49.3. The Morgan fingerprint density at radius 3 is 2.76 bits per heavy atom. The SMILES string of the molecule is C[C@]12CCCC=C1CCC1=C2CC[C@@]2(C)[C@H]1CCC2(N)O. The highest BCUT2D eigenvalue weighted by Crippen LogP contribution is 2.63. The maximum atomic E-state index is 10.7. The molecule has 4 atom stereocenters. The Labute approximate surface area is 128 Å². The highest BCUT2D eigenvalue weighted by atomic mass is 16.3. The third-order valence-corrected chi connectivity index (χ3v) is 7.58. The minimum Gasteiger partial charge on any atom is -0.376 e. The lowest BCUT2D eigenvalue weighted by atomic mass is 9.54. The fourth-order valence-electron chi connectivity index (χ4n) is 6.04. The van der Waals surface area contributed by atoms with Crippen LogP contribution >= 0.6 is 0 Å². The van der Waals surface area contributed by atoms with E-state index >= 15 is 0 Å². The van der Waals surface area contributed by atoms with Gasteiger partial charge in [-0.05, 0) is 63.7 Å². The number of hydrogen-bond acceptors (Lipinski definition) is 2. The van der Waals surface area contributed by atoms with Gasteiger partial charge < -0.3 is 10.8 Å². The Bertz CT molecular complexity index is 544. The Morgan fingerprint density at radius 1 is 1.14 bits per heavy atom. The van der Waals surface area contributed by atoms with Crippen LogP contribution in [-0.2, 0) is 0 Å². The molecule has 0 aromatic carbocycles. The molecule has 4 aliphatic carbocycles. The van der Waals surface area contributed by atoms with Crippen LogP contribution in [-0.4, -0.2) is 10.8 Å². The van der Waals surface area contributed by atoms with Crippen molar-refractivity contribution in [1.29, 1.82) is 0 Å². The molecule has 0 amide bonds. The molecule has 0 aromatic rings. The molecular weight excluding hydrogens is 258 g/mol. The lowest BCUT2D eigenvalue weighted by Gasteiger charge is -2.52. The van der Waals surface area contributed by atoms with Crippen molar-refractivity contribution in [2.75, 3.05) is 0 Å². The molecule has 1 unspecified atom stereocenters. The van der Waals surface area contributed by atoms with Gasteiger partial charge in [-0.15, -0.1) is 0 Å². The molecule has 3 N–H and O–H groups in total.